The van der Waals surface area contributed by atoms with E-state index in [1.54, 1.807) is 0 Å². The molecule has 0 bridgehead atoms. The fraction of sp³-hybridized carbons (Fsp3) is 0.222. The largest absolute Gasteiger partial charge is 0.369 e. The minimum absolute atomic E-state index is 0.329. The van der Waals surface area contributed by atoms with Crippen LogP contribution in [0.4, 0.5) is 10.1 Å². The van der Waals surface area contributed by atoms with E-state index in [-0.39, 0.29) is 0 Å². The monoisotopic (exact) mass is 212 g/mol. The summed E-state index contributed by atoms with van der Waals surface area (Å²) in [4.78, 5) is 20.4. The van der Waals surface area contributed by atoms with E-state index in [2.05, 4.69) is 0 Å². The molecular formula is C9H9FN2O3. The Morgan fingerprint density at radius 1 is 1.60 bits per heavy atom. The van der Waals surface area contributed by atoms with Gasteiger partial charge in [-0.1, -0.05) is 6.07 Å². The van der Waals surface area contributed by atoms with Gasteiger partial charge in [0.2, 0.25) is 11.7 Å². The van der Waals surface area contributed by atoms with E-state index in [0.29, 0.717) is 5.56 Å². The van der Waals surface area contributed by atoms with Crippen molar-refractivity contribution in [3.8, 4) is 0 Å². The Labute approximate surface area is 84.8 Å². The van der Waals surface area contributed by atoms with Crippen LogP contribution in [0.1, 0.15) is 18.4 Å². The van der Waals surface area contributed by atoms with Crippen molar-refractivity contribution in [2.75, 3.05) is 0 Å². The summed E-state index contributed by atoms with van der Waals surface area (Å²) in [6.07, 6.45) is 0. The SMILES string of the molecule is CC(C(N)=O)c1ccc(F)c([N+](=O)[O-])c1. The number of nitrogens with zero attached hydrogens (tertiary/aromatic N) is 1. The van der Waals surface area contributed by atoms with Crippen molar-refractivity contribution in [3.63, 3.8) is 0 Å². The van der Waals surface area contributed by atoms with Crippen molar-refractivity contribution in [2.24, 2.45) is 5.73 Å². The minimum Gasteiger partial charge on any atom is -0.369 e. The molecule has 0 aliphatic heterocycles. The van der Waals surface area contributed by atoms with E-state index in [1.165, 1.54) is 13.0 Å². The Bertz CT molecular complexity index is 420. The summed E-state index contributed by atoms with van der Waals surface area (Å²) in [5.74, 6) is -2.22. The highest BCUT2D eigenvalue weighted by Crippen LogP contribution is 2.23. The first-order valence-corrected chi connectivity index (χ1v) is 4.16. The Morgan fingerprint density at radius 3 is 2.67 bits per heavy atom. The minimum atomic E-state index is -0.930. The van der Waals surface area contributed by atoms with Gasteiger partial charge in [-0.05, 0) is 18.6 Å². The summed E-state index contributed by atoms with van der Waals surface area (Å²) >= 11 is 0. The second kappa shape index (κ2) is 4.04. The second-order valence-corrected chi connectivity index (χ2v) is 3.09. The number of nitrogens with two attached hydrogens (primary N) is 1. The van der Waals surface area contributed by atoms with Crippen molar-refractivity contribution in [1.29, 1.82) is 0 Å². The van der Waals surface area contributed by atoms with Crippen molar-refractivity contribution in [1.82, 2.24) is 0 Å². The number of rotatable bonds is 3. The third-order valence-corrected chi connectivity index (χ3v) is 2.09. The van der Waals surface area contributed by atoms with Crippen LogP contribution in [0.2, 0.25) is 0 Å². The summed E-state index contributed by atoms with van der Waals surface area (Å²) in [5, 5.41) is 10.4. The van der Waals surface area contributed by atoms with Gasteiger partial charge in [-0.3, -0.25) is 14.9 Å². The molecule has 0 saturated heterocycles. The lowest BCUT2D eigenvalue weighted by Crippen LogP contribution is -2.18. The van der Waals surface area contributed by atoms with Crippen molar-refractivity contribution < 1.29 is 14.1 Å². The summed E-state index contributed by atoms with van der Waals surface area (Å²) < 4.78 is 12.9. The molecule has 0 aliphatic carbocycles. The molecular weight excluding hydrogens is 203 g/mol. The summed E-state index contributed by atoms with van der Waals surface area (Å²) in [6.45, 7) is 1.50. The molecule has 1 unspecified atom stereocenters. The Kier molecular flexibility index (Phi) is 2.99. The van der Waals surface area contributed by atoms with Crippen LogP contribution in [0, 0.1) is 15.9 Å². The molecule has 0 heterocycles. The molecule has 15 heavy (non-hydrogen) atoms. The average Bonchev–Trinajstić information content (AvgIpc) is 2.16. The predicted molar refractivity (Wildman–Crippen MR) is 50.7 cm³/mol. The molecule has 0 radical (unpaired) electrons. The number of nitro benzene ring substituents is 1. The highest BCUT2D eigenvalue weighted by atomic mass is 19.1. The van der Waals surface area contributed by atoms with E-state index in [0.717, 1.165) is 12.1 Å². The van der Waals surface area contributed by atoms with E-state index in [4.69, 9.17) is 5.73 Å². The third-order valence-electron chi connectivity index (χ3n) is 2.09. The van der Waals surface area contributed by atoms with Gasteiger partial charge in [0.25, 0.3) is 0 Å². The lowest BCUT2D eigenvalue weighted by molar-refractivity contribution is -0.387. The molecule has 1 aromatic carbocycles. The highest BCUT2D eigenvalue weighted by Gasteiger charge is 2.19. The number of benzene rings is 1. The molecule has 1 aromatic rings. The van der Waals surface area contributed by atoms with Crippen LogP contribution in [0.15, 0.2) is 18.2 Å². The van der Waals surface area contributed by atoms with Crippen molar-refractivity contribution >= 4 is 11.6 Å². The van der Waals surface area contributed by atoms with Gasteiger partial charge in [-0.25, -0.2) is 0 Å². The number of hydrogen-bond acceptors (Lipinski definition) is 3. The molecule has 0 aromatic heterocycles. The van der Waals surface area contributed by atoms with Gasteiger partial charge >= 0.3 is 5.69 Å². The molecule has 80 valence electrons. The molecule has 0 spiro atoms. The molecule has 6 heteroatoms. The number of halogens is 1. The van der Waals surface area contributed by atoms with E-state index in [9.17, 15) is 19.3 Å². The van der Waals surface area contributed by atoms with Gasteiger partial charge in [0.15, 0.2) is 0 Å². The van der Waals surface area contributed by atoms with Crippen LogP contribution in [-0.2, 0) is 4.79 Å². The first kappa shape index (κ1) is 11.1. The fourth-order valence-electron chi connectivity index (χ4n) is 1.10. The first-order valence-electron chi connectivity index (χ1n) is 4.16. The summed E-state index contributed by atoms with van der Waals surface area (Å²) in [7, 11) is 0. The molecule has 2 N–H and O–H groups in total. The van der Waals surface area contributed by atoms with Gasteiger partial charge in [0.1, 0.15) is 0 Å². The molecule has 1 amide bonds. The molecule has 1 rings (SSSR count). The van der Waals surface area contributed by atoms with Gasteiger partial charge in [0, 0.05) is 6.07 Å². The Hall–Kier alpha value is -1.98. The summed E-state index contributed by atoms with van der Waals surface area (Å²) in [6, 6.07) is 3.27. The van der Waals surface area contributed by atoms with E-state index < -0.39 is 28.3 Å². The number of primary amides is 1. The standard InChI is InChI=1S/C9H9FN2O3/c1-5(9(11)13)6-2-3-7(10)8(4-6)12(14)15/h2-5H,1H3,(H2,11,13). The fourth-order valence-corrected chi connectivity index (χ4v) is 1.10. The van der Waals surface area contributed by atoms with Crippen LogP contribution in [0.3, 0.4) is 0 Å². The smallest absolute Gasteiger partial charge is 0.305 e. The lowest BCUT2D eigenvalue weighted by Gasteiger charge is -2.06. The number of nitro groups is 1. The van der Waals surface area contributed by atoms with Crippen LogP contribution < -0.4 is 5.73 Å². The average molecular weight is 212 g/mol. The van der Waals surface area contributed by atoms with Crippen LogP contribution in [-0.4, -0.2) is 10.8 Å². The molecule has 0 fully saturated rings. The van der Waals surface area contributed by atoms with Gasteiger partial charge in [-0.15, -0.1) is 0 Å². The maximum atomic E-state index is 12.9. The zero-order chi connectivity index (χ0) is 11.6. The molecule has 0 saturated carbocycles. The van der Waals surface area contributed by atoms with Crippen LogP contribution in [0.5, 0.6) is 0 Å². The zero-order valence-corrected chi connectivity index (χ0v) is 7.94. The predicted octanol–water partition coefficient (Wildman–Crippen LogP) is 1.32. The Morgan fingerprint density at radius 2 is 2.20 bits per heavy atom. The van der Waals surface area contributed by atoms with E-state index in [1.807, 2.05) is 0 Å². The number of carbonyl (C=O) groups is 1. The quantitative estimate of drug-likeness (QED) is 0.605. The van der Waals surface area contributed by atoms with Crippen molar-refractivity contribution in [2.45, 2.75) is 12.8 Å². The van der Waals surface area contributed by atoms with Crippen LogP contribution >= 0.6 is 0 Å². The van der Waals surface area contributed by atoms with E-state index >= 15 is 0 Å². The number of amides is 1. The lowest BCUT2D eigenvalue weighted by atomic mass is 10.00. The van der Waals surface area contributed by atoms with Gasteiger partial charge in [-0.2, -0.15) is 4.39 Å². The zero-order valence-electron chi connectivity index (χ0n) is 7.94. The van der Waals surface area contributed by atoms with Gasteiger partial charge < -0.3 is 5.73 Å². The third kappa shape index (κ3) is 2.28. The number of carbonyl (C=O) groups excluding carboxylic acids is 1. The van der Waals surface area contributed by atoms with Gasteiger partial charge in [0.05, 0.1) is 10.8 Å². The topological polar surface area (TPSA) is 86.2 Å². The Balaban J connectivity index is 3.18. The first-order chi connectivity index (χ1) is 6.93. The maximum Gasteiger partial charge on any atom is 0.305 e. The molecule has 0 aliphatic rings. The number of hydrogen-bond donors (Lipinski definition) is 1. The second-order valence-electron chi connectivity index (χ2n) is 3.09. The maximum absolute atomic E-state index is 12.9. The molecule has 5 nitrogen and oxygen atoms in total. The summed E-state index contributed by atoms with van der Waals surface area (Å²) in [5.41, 5.74) is 4.71. The van der Waals surface area contributed by atoms with Crippen LogP contribution in [0.25, 0.3) is 0 Å². The molecule has 1 atom stereocenters. The highest BCUT2D eigenvalue weighted by molar-refractivity contribution is 5.81. The van der Waals surface area contributed by atoms with Crippen molar-refractivity contribution in [3.05, 3.63) is 39.7 Å². The normalized spacial score (nSPS) is 12.1.